The predicted octanol–water partition coefficient (Wildman–Crippen LogP) is 8.43. The first-order valence-electron chi connectivity index (χ1n) is 13.6. The van der Waals surface area contributed by atoms with Crippen LogP contribution < -0.4 is 0 Å². The molecule has 6 rings (SSSR count). The maximum absolute atomic E-state index is 4.71. The summed E-state index contributed by atoms with van der Waals surface area (Å²) in [4.78, 5) is 0. The molecule has 1 aromatic heterocycles. The zero-order chi connectivity index (χ0) is 25.0. The fraction of sp³-hybridized carbons (Fsp3) is 0.324. The summed E-state index contributed by atoms with van der Waals surface area (Å²) in [6.07, 6.45) is 10.2. The first kappa shape index (κ1) is 23.0. The van der Waals surface area contributed by atoms with E-state index in [1.807, 2.05) is 0 Å². The second-order valence-corrected chi connectivity index (χ2v) is 10.6. The van der Waals surface area contributed by atoms with Gasteiger partial charge in [-0.25, -0.2) is 0 Å². The van der Waals surface area contributed by atoms with E-state index in [1.165, 1.54) is 61.0 Å². The van der Waals surface area contributed by atoms with Crippen LogP contribution >= 0.6 is 0 Å². The van der Waals surface area contributed by atoms with Gasteiger partial charge in [0, 0.05) is 18.7 Å². The van der Waals surface area contributed by atoms with Crippen LogP contribution in [0.2, 0.25) is 0 Å². The Morgan fingerprint density at radius 2 is 1.75 bits per heavy atom. The van der Waals surface area contributed by atoms with E-state index in [2.05, 4.69) is 100 Å². The molecular formula is C34H36N2. The highest BCUT2D eigenvalue weighted by Crippen LogP contribution is 2.47. The molecule has 0 saturated heterocycles. The summed E-state index contributed by atoms with van der Waals surface area (Å²) in [5, 5.41) is 7.52. The standard InChI is InChI=1S/C34H36N2/c1-6-23-11-10-12-24(7-2)34(23)26-17-21(3)33-25(19-26)15-16-29-27-13-8-9-14-28(27)30(20-31(29)33)32-18-22(4)35-36(32)5/h8,10-13,15-19,30H,6-7,9,14,20H2,1-5H3. The van der Waals surface area contributed by atoms with E-state index >= 15 is 0 Å². The molecule has 2 aliphatic carbocycles. The molecule has 0 radical (unpaired) electrons. The van der Waals surface area contributed by atoms with Crippen LogP contribution in [0.5, 0.6) is 0 Å². The van der Waals surface area contributed by atoms with Crippen LogP contribution in [-0.4, -0.2) is 9.78 Å². The van der Waals surface area contributed by atoms with E-state index in [1.54, 1.807) is 5.57 Å². The molecule has 0 fully saturated rings. The third-order valence-corrected chi connectivity index (χ3v) is 8.44. The molecule has 2 heteroatoms. The van der Waals surface area contributed by atoms with Crippen LogP contribution in [0.4, 0.5) is 0 Å². The van der Waals surface area contributed by atoms with Crippen molar-refractivity contribution < 1.29 is 0 Å². The number of aromatic nitrogens is 2. The number of fused-ring (bicyclic) bond motifs is 4. The van der Waals surface area contributed by atoms with Gasteiger partial charge in [0.25, 0.3) is 0 Å². The van der Waals surface area contributed by atoms with Gasteiger partial charge in [0.1, 0.15) is 0 Å². The quantitative estimate of drug-likeness (QED) is 0.291. The predicted molar refractivity (Wildman–Crippen MR) is 153 cm³/mol. The molecule has 0 saturated carbocycles. The normalized spacial score (nSPS) is 17.0. The summed E-state index contributed by atoms with van der Waals surface area (Å²) < 4.78 is 2.11. The molecule has 182 valence electrons. The topological polar surface area (TPSA) is 17.8 Å². The van der Waals surface area contributed by atoms with E-state index in [4.69, 9.17) is 5.10 Å². The van der Waals surface area contributed by atoms with E-state index < -0.39 is 0 Å². The molecule has 0 bridgehead atoms. The Balaban J connectivity index is 1.57. The Kier molecular flexibility index (Phi) is 5.71. The highest BCUT2D eigenvalue weighted by molar-refractivity contribution is 5.98. The van der Waals surface area contributed by atoms with E-state index in [-0.39, 0.29) is 0 Å². The number of nitrogens with zero attached hydrogens (tertiary/aromatic N) is 2. The van der Waals surface area contributed by atoms with Crippen molar-refractivity contribution in [3.8, 4) is 11.1 Å². The Morgan fingerprint density at radius 3 is 2.44 bits per heavy atom. The maximum atomic E-state index is 4.71. The van der Waals surface area contributed by atoms with Crippen molar-refractivity contribution in [1.82, 2.24) is 9.78 Å². The molecule has 1 atom stereocenters. The van der Waals surface area contributed by atoms with Crippen molar-refractivity contribution in [2.24, 2.45) is 7.05 Å². The lowest BCUT2D eigenvalue weighted by atomic mass is 9.72. The summed E-state index contributed by atoms with van der Waals surface area (Å²) >= 11 is 0. The van der Waals surface area contributed by atoms with Gasteiger partial charge in [-0.05, 0) is 113 Å². The summed E-state index contributed by atoms with van der Waals surface area (Å²) in [6.45, 7) is 8.96. The summed E-state index contributed by atoms with van der Waals surface area (Å²) in [5.74, 6) is 0.390. The molecule has 2 nitrogen and oxygen atoms in total. The molecule has 0 spiro atoms. The van der Waals surface area contributed by atoms with Gasteiger partial charge in [0.05, 0.1) is 5.69 Å². The fourth-order valence-corrected chi connectivity index (χ4v) is 6.86. The fourth-order valence-electron chi connectivity index (χ4n) is 6.86. The zero-order valence-electron chi connectivity index (χ0n) is 22.3. The highest BCUT2D eigenvalue weighted by atomic mass is 15.3. The van der Waals surface area contributed by atoms with Crippen molar-refractivity contribution in [2.75, 3.05) is 0 Å². The van der Waals surface area contributed by atoms with Gasteiger partial charge in [-0.1, -0.05) is 68.0 Å². The zero-order valence-corrected chi connectivity index (χ0v) is 22.3. The summed E-state index contributed by atoms with van der Waals surface area (Å²) in [7, 11) is 2.11. The van der Waals surface area contributed by atoms with Crippen LogP contribution in [0.25, 0.3) is 27.5 Å². The summed E-state index contributed by atoms with van der Waals surface area (Å²) in [5.41, 5.74) is 15.5. The average Bonchev–Trinajstić information content (AvgIpc) is 3.24. The first-order valence-corrected chi connectivity index (χ1v) is 13.6. The van der Waals surface area contributed by atoms with Crippen molar-refractivity contribution in [3.63, 3.8) is 0 Å². The van der Waals surface area contributed by atoms with Crippen LogP contribution in [0.15, 0.2) is 66.3 Å². The Morgan fingerprint density at radius 1 is 0.972 bits per heavy atom. The molecular weight excluding hydrogens is 436 g/mol. The third-order valence-electron chi connectivity index (χ3n) is 8.44. The SMILES string of the molecule is CCc1cccc(CC)c1-c1cc(C)c2c3c(ccc2c1)C1=C(CCC=C1)C(c1cc(C)nn1C)C3. The van der Waals surface area contributed by atoms with E-state index in [9.17, 15) is 0 Å². The molecule has 1 heterocycles. The minimum absolute atomic E-state index is 0.390. The van der Waals surface area contributed by atoms with E-state index in [0.29, 0.717) is 5.92 Å². The summed E-state index contributed by atoms with van der Waals surface area (Å²) in [6, 6.07) is 18.8. The Labute approximate surface area is 215 Å². The minimum atomic E-state index is 0.390. The molecule has 0 N–H and O–H groups in total. The maximum Gasteiger partial charge on any atom is 0.0596 e. The van der Waals surface area contributed by atoms with Crippen LogP contribution in [0.1, 0.15) is 71.8 Å². The number of allylic oxidation sites excluding steroid dienone is 4. The van der Waals surface area contributed by atoms with Gasteiger partial charge in [0.2, 0.25) is 0 Å². The van der Waals surface area contributed by atoms with Gasteiger partial charge in [0.15, 0.2) is 0 Å². The van der Waals surface area contributed by atoms with Crippen molar-refractivity contribution in [2.45, 2.75) is 65.7 Å². The second-order valence-electron chi connectivity index (χ2n) is 10.6. The second kappa shape index (κ2) is 8.92. The molecule has 36 heavy (non-hydrogen) atoms. The number of benzene rings is 3. The number of rotatable bonds is 4. The monoisotopic (exact) mass is 472 g/mol. The lowest BCUT2D eigenvalue weighted by Crippen LogP contribution is -2.19. The Hall–Kier alpha value is -3.39. The smallest absolute Gasteiger partial charge is 0.0596 e. The van der Waals surface area contributed by atoms with Gasteiger partial charge in [-0.3, -0.25) is 4.68 Å². The molecule has 0 amide bonds. The largest absolute Gasteiger partial charge is 0.272 e. The number of hydrogen-bond donors (Lipinski definition) is 0. The van der Waals surface area contributed by atoms with Crippen molar-refractivity contribution in [3.05, 3.63) is 105 Å². The molecule has 4 aromatic rings. The molecule has 1 unspecified atom stereocenters. The van der Waals surface area contributed by atoms with Gasteiger partial charge in [-0.2, -0.15) is 5.10 Å². The average molecular weight is 473 g/mol. The van der Waals surface area contributed by atoms with E-state index in [0.717, 1.165) is 37.8 Å². The Bertz CT molecular complexity index is 1540. The van der Waals surface area contributed by atoms with Gasteiger partial charge < -0.3 is 0 Å². The lowest BCUT2D eigenvalue weighted by Gasteiger charge is -2.33. The van der Waals surface area contributed by atoms with Gasteiger partial charge in [-0.15, -0.1) is 0 Å². The van der Waals surface area contributed by atoms with Crippen LogP contribution in [0.3, 0.4) is 0 Å². The third kappa shape index (κ3) is 3.58. The lowest BCUT2D eigenvalue weighted by molar-refractivity contribution is 0.627. The van der Waals surface area contributed by atoms with Crippen molar-refractivity contribution in [1.29, 1.82) is 0 Å². The molecule has 2 aliphatic rings. The highest BCUT2D eigenvalue weighted by Gasteiger charge is 2.31. The molecule has 0 aliphatic heterocycles. The van der Waals surface area contributed by atoms with Gasteiger partial charge >= 0.3 is 0 Å². The first-order chi connectivity index (χ1) is 17.5. The van der Waals surface area contributed by atoms with Crippen molar-refractivity contribution >= 4 is 16.3 Å². The number of aryl methyl sites for hydroxylation is 5. The molecule has 3 aromatic carbocycles. The number of hydrogen-bond acceptors (Lipinski definition) is 1. The minimum Gasteiger partial charge on any atom is -0.272 e. The van der Waals surface area contributed by atoms with Crippen LogP contribution in [0, 0.1) is 13.8 Å². The van der Waals surface area contributed by atoms with Crippen LogP contribution in [-0.2, 0) is 26.3 Å².